The van der Waals surface area contributed by atoms with Crippen molar-refractivity contribution in [3.05, 3.63) is 62.8 Å². The summed E-state index contributed by atoms with van der Waals surface area (Å²) in [4.78, 5) is -0.247. The molecule has 1 unspecified atom stereocenters. The Morgan fingerprint density at radius 1 is 1.21 bits per heavy atom. The summed E-state index contributed by atoms with van der Waals surface area (Å²) in [6, 6.07) is 10.4. The van der Waals surface area contributed by atoms with Crippen LogP contribution < -0.4 is 4.74 Å². The van der Waals surface area contributed by atoms with E-state index in [1.54, 1.807) is 19.2 Å². The normalized spacial score (nSPS) is 12.3. The van der Waals surface area contributed by atoms with Crippen LogP contribution >= 0.6 is 43.5 Å². The van der Waals surface area contributed by atoms with Crippen molar-refractivity contribution in [1.82, 2.24) is 0 Å². The summed E-state index contributed by atoms with van der Waals surface area (Å²) in [5, 5.41) is 0.117. The van der Waals surface area contributed by atoms with Gasteiger partial charge in [-0.1, -0.05) is 55.6 Å². The molecule has 0 N–H and O–H groups in total. The van der Waals surface area contributed by atoms with Crippen molar-refractivity contribution in [2.75, 3.05) is 7.11 Å². The summed E-state index contributed by atoms with van der Waals surface area (Å²) in [6.07, 6.45) is 0. The Bertz CT molecular complexity index is 604. The minimum atomic E-state index is -0.433. The summed E-state index contributed by atoms with van der Waals surface area (Å²) in [5.74, 6) is 0.281. The fraction of sp³-hybridized carbons (Fsp3) is 0.143. The molecule has 0 aliphatic heterocycles. The average Bonchev–Trinajstić information content (AvgIpc) is 2.41. The number of methoxy groups -OCH3 is 1. The first-order valence-electron chi connectivity index (χ1n) is 5.46. The van der Waals surface area contributed by atoms with Crippen LogP contribution in [0.3, 0.4) is 0 Å². The zero-order valence-electron chi connectivity index (χ0n) is 9.96. The van der Waals surface area contributed by atoms with Crippen LogP contribution in [0.25, 0.3) is 0 Å². The lowest BCUT2D eigenvalue weighted by molar-refractivity contribution is 0.410. The number of ether oxygens (including phenoxy) is 1. The van der Waals surface area contributed by atoms with E-state index in [1.165, 1.54) is 6.07 Å². The van der Waals surface area contributed by atoms with Crippen LogP contribution in [0.4, 0.5) is 4.39 Å². The molecule has 2 aromatic rings. The Morgan fingerprint density at radius 2 is 1.95 bits per heavy atom. The second-order valence-corrected chi connectivity index (χ2v) is 6.10. The molecule has 0 aromatic heterocycles. The lowest BCUT2D eigenvalue weighted by atomic mass is 10.0. The highest BCUT2D eigenvalue weighted by Crippen LogP contribution is 2.41. The number of halogens is 4. The van der Waals surface area contributed by atoms with Crippen LogP contribution in [0.2, 0.25) is 5.02 Å². The van der Waals surface area contributed by atoms with Gasteiger partial charge in [0.1, 0.15) is 11.6 Å². The molecule has 0 radical (unpaired) electrons. The Morgan fingerprint density at radius 3 is 2.63 bits per heavy atom. The van der Waals surface area contributed by atoms with Gasteiger partial charge < -0.3 is 4.74 Å². The van der Waals surface area contributed by atoms with Crippen molar-refractivity contribution in [3.63, 3.8) is 0 Å². The van der Waals surface area contributed by atoms with Crippen LogP contribution in [-0.2, 0) is 0 Å². The predicted octanol–water partition coefficient (Wildman–Crippen LogP) is 5.73. The summed E-state index contributed by atoms with van der Waals surface area (Å²) in [5.41, 5.74) is 1.54. The third kappa shape index (κ3) is 3.12. The highest BCUT2D eigenvalue weighted by molar-refractivity contribution is 9.10. The van der Waals surface area contributed by atoms with Gasteiger partial charge in [0.25, 0.3) is 0 Å². The summed E-state index contributed by atoms with van der Waals surface area (Å²) in [7, 11) is 1.60. The van der Waals surface area contributed by atoms with Gasteiger partial charge in [0.15, 0.2) is 0 Å². The summed E-state index contributed by atoms with van der Waals surface area (Å²) in [6.45, 7) is 0. The molecular weight excluding hydrogens is 398 g/mol. The monoisotopic (exact) mass is 406 g/mol. The lowest BCUT2D eigenvalue weighted by Gasteiger charge is -2.16. The van der Waals surface area contributed by atoms with Gasteiger partial charge in [-0.05, 0) is 29.8 Å². The molecule has 19 heavy (non-hydrogen) atoms. The highest BCUT2D eigenvalue weighted by Gasteiger charge is 2.19. The number of benzene rings is 2. The van der Waals surface area contributed by atoms with Crippen molar-refractivity contribution in [1.29, 1.82) is 0 Å². The second-order valence-electron chi connectivity index (χ2n) is 3.89. The molecule has 2 aromatic carbocycles. The minimum Gasteiger partial charge on any atom is -0.496 e. The zero-order chi connectivity index (χ0) is 14.0. The smallest absolute Gasteiger partial charge is 0.142 e. The maximum atomic E-state index is 13.5. The maximum Gasteiger partial charge on any atom is 0.142 e. The maximum absolute atomic E-state index is 13.5. The van der Waals surface area contributed by atoms with E-state index in [1.807, 2.05) is 18.2 Å². The molecule has 2 rings (SSSR count). The molecule has 0 heterocycles. The van der Waals surface area contributed by atoms with Crippen molar-refractivity contribution in [2.45, 2.75) is 4.83 Å². The van der Waals surface area contributed by atoms with Gasteiger partial charge in [0, 0.05) is 10.0 Å². The van der Waals surface area contributed by atoms with Crippen LogP contribution in [0.5, 0.6) is 5.75 Å². The van der Waals surface area contributed by atoms with Gasteiger partial charge in [-0.3, -0.25) is 0 Å². The lowest BCUT2D eigenvalue weighted by Crippen LogP contribution is -1.99. The van der Waals surface area contributed by atoms with Crippen molar-refractivity contribution in [2.24, 2.45) is 0 Å². The number of rotatable bonds is 3. The van der Waals surface area contributed by atoms with E-state index in [9.17, 15) is 4.39 Å². The average molecular weight is 408 g/mol. The minimum absolute atomic E-state index is 0.117. The molecule has 100 valence electrons. The van der Waals surface area contributed by atoms with Gasteiger partial charge in [-0.2, -0.15) is 0 Å². The van der Waals surface area contributed by atoms with Gasteiger partial charge in [-0.25, -0.2) is 4.39 Å². The van der Waals surface area contributed by atoms with E-state index in [0.29, 0.717) is 11.3 Å². The summed E-state index contributed by atoms with van der Waals surface area (Å²) >= 11 is 13.0. The molecule has 0 aliphatic carbocycles. The van der Waals surface area contributed by atoms with E-state index < -0.39 is 5.82 Å². The first kappa shape index (κ1) is 14.8. The Hall–Kier alpha value is -0.580. The molecule has 5 heteroatoms. The molecule has 0 saturated heterocycles. The molecule has 0 bridgehead atoms. The molecular formula is C14H10Br2ClFO. The van der Waals surface area contributed by atoms with E-state index in [-0.39, 0.29) is 9.85 Å². The Kier molecular flexibility index (Phi) is 4.87. The fourth-order valence-electron chi connectivity index (χ4n) is 1.79. The van der Waals surface area contributed by atoms with Crippen LogP contribution in [0, 0.1) is 5.82 Å². The van der Waals surface area contributed by atoms with Gasteiger partial charge in [-0.15, -0.1) is 0 Å². The molecule has 1 nitrogen and oxygen atoms in total. The van der Waals surface area contributed by atoms with Crippen LogP contribution in [0.15, 0.2) is 40.9 Å². The van der Waals surface area contributed by atoms with E-state index in [0.717, 1.165) is 10.0 Å². The van der Waals surface area contributed by atoms with Gasteiger partial charge >= 0.3 is 0 Å². The third-order valence-electron chi connectivity index (χ3n) is 2.72. The SMILES string of the molecule is COc1ccc(Br)cc1C(Br)c1cccc(F)c1Cl. The molecule has 0 spiro atoms. The van der Waals surface area contributed by atoms with Gasteiger partial charge in [0.05, 0.1) is 17.0 Å². The molecule has 0 amide bonds. The van der Waals surface area contributed by atoms with Gasteiger partial charge in [0.2, 0.25) is 0 Å². The molecule has 0 saturated carbocycles. The quantitative estimate of drug-likeness (QED) is 0.589. The number of hydrogen-bond acceptors (Lipinski definition) is 1. The standard InChI is InChI=1S/C14H10Br2ClFO/c1-19-12-6-5-8(15)7-10(12)13(16)9-3-2-4-11(18)14(9)17/h2-7,13H,1H3. The van der Waals surface area contributed by atoms with E-state index in [2.05, 4.69) is 31.9 Å². The largest absolute Gasteiger partial charge is 0.496 e. The molecule has 1 atom stereocenters. The number of alkyl halides is 1. The van der Waals surface area contributed by atoms with Crippen LogP contribution in [0.1, 0.15) is 16.0 Å². The third-order valence-corrected chi connectivity index (χ3v) is 4.60. The van der Waals surface area contributed by atoms with Crippen LogP contribution in [-0.4, -0.2) is 7.11 Å². The summed E-state index contributed by atoms with van der Waals surface area (Å²) < 4.78 is 19.8. The topological polar surface area (TPSA) is 9.23 Å². The zero-order valence-corrected chi connectivity index (χ0v) is 13.9. The Balaban J connectivity index is 2.52. The first-order chi connectivity index (χ1) is 9.04. The predicted molar refractivity (Wildman–Crippen MR) is 82.9 cm³/mol. The Labute approximate surface area is 133 Å². The molecule has 0 fully saturated rings. The van der Waals surface area contributed by atoms with Crippen molar-refractivity contribution in [3.8, 4) is 5.75 Å². The first-order valence-corrected chi connectivity index (χ1v) is 7.54. The molecule has 0 aliphatic rings. The fourth-order valence-corrected chi connectivity index (χ4v) is 3.27. The second kappa shape index (κ2) is 6.25. The number of hydrogen-bond donors (Lipinski definition) is 0. The van der Waals surface area contributed by atoms with E-state index >= 15 is 0 Å². The van der Waals surface area contributed by atoms with Crippen molar-refractivity contribution < 1.29 is 9.13 Å². The van der Waals surface area contributed by atoms with E-state index in [4.69, 9.17) is 16.3 Å². The highest BCUT2D eigenvalue weighted by atomic mass is 79.9. The van der Waals surface area contributed by atoms with Crippen molar-refractivity contribution >= 4 is 43.5 Å².